The van der Waals surface area contributed by atoms with E-state index in [-0.39, 0.29) is 37.1 Å². The molecule has 0 aromatic carbocycles. The summed E-state index contributed by atoms with van der Waals surface area (Å²) in [4.78, 5) is 15.1. The highest BCUT2D eigenvalue weighted by Gasteiger charge is 2.18. The van der Waals surface area contributed by atoms with Crippen molar-refractivity contribution >= 4 is 30.8 Å². The van der Waals surface area contributed by atoms with Crippen molar-refractivity contribution in [1.82, 2.24) is 4.98 Å². The minimum atomic E-state index is -0.486. The van der Waals surface area contributed by atoms with Gasteiger partial charge in [0.2, 0.25) is 0 Å². The van der Waals surface area contributed by atoms with Crippen LogP contribution in [0.3, 0.4) is 0 Å². The maximum absolute atomic E-state index is 11.2. The maximum Gasteiger partial charge on any atom is 0.360 e. The number of rotatable bonds is 3. The van der Waals surface area contributed by atoms with Crippen molar-refractivity contribution in [2.75, 3.05) is 6.61 Å². The van der Waals surface area contributed by atoms with Crippen molar-refractivity contribution in [3.63, 3.8) is 0 Å². The van der Waals surface area contributed by atoms with E-state index < -0.39 is 5.97 Å². The molecule has 1 heterocycles. The lowest BCUT2D eigenvalue weighted by atomic mass is 10.3. The number of carbonyl (C=O) groups excluding carboxylic acids is 1. The normalized spacial score (nSPS) is 8.73. The first-order valence-electron chi connectivity index (χ1n) is 4.02. The summed E-state index contributed by atoms with van der Waals surface area (Å²) in [5.74, 6) is 0.305. The summed E-state index contributed by atoms with van der Waals surface area (Å²) in [6.45, 7) is 3.85. The van der Waals surface area contributed by atoms with Gasteiger partial charge in [-0.2, -0.15) is 0 Å². The van der Waals surface area contributed by atoms with Crippen molar-refractivity contribution in [3.8, 4) is 0 Å². The average molecular weight is 257 g/mol. The van der Waals surface area contributed by atoms with E-state index in [1.807, 2.05) is 0 Å². The number of carbonyl (C=O) groups is 1. The average Bonchev–Trinajstić information content (AvgIpc) is 2.47. The predicted octanol–water partition coefficient (Wildman–Crippen LogP) is 1.46. The number of halogens is 2. The van der Waals surface area contributed by atoms with Crippen molar-refractivity contribution < 1.29 is 13.9 Å². The number of hydrogen-bond donors (Lipinski definition) is 1. The highest BCUT2D eigenvalue weighted by atomic mass is 35.5. The number of nitrogens with two attached hydrogens (primary N) is 1. The first-order valence-corrected chi connectivity index (χ1v) is 4.02. The van der Waals surface area contributed by atoms with E-state index in [1.54, 1.807) is 13.8 Å². The molecule has 15 heavy (non-hydrogen) atoms. The fraction of sp³-hybridized carbons (Fsp3) is 0.500. The molecule has 0 unspecified atom stereocenters. The van der Waals surface area contributed by atoms with Gasteiger partial charge >= 0.3 is 5.97 Å². The Morgan fingerprint density at radius 2 is 2.13 bits per heavy atom. The van der Waals surface area contributed by atoms with Crippen LogP contribution in [0, 0.1) is 6.92 Å². The summed E-state index contributed by atoms with van der Waals surface area (Å²) >= 11 is 0. The molecule has 5 nitrogen and oxygen atoms in total. The molecule has 1 rings (SSSR count). The monoisotopic (exact) mass is 256 g/mol. The molecule has 0 spiro atoms. The molecule has 1 aromatic heterocycles. The Kier molecular flexibility index (Phi) is 8.33. The van der Waals surface area contributed by atoms with Gasteiger partial charge in [-0.1, -0.05) is 0 Å². The highest BCUT2D eigenvalue weighted by molar-refractivity contribution is 5.88. The van der Waals surface area contributed by atoms with Crippen LogP contribution in [-0.2, 0) is 11.3 Å². The molecule has 88 valence electrons. The van der Waals surface area contributed by atoms with E-state index in [1.165, 1.54) is 0 Å². The van der Waals surface area contributed by atoms with Crippen molar-refractivity contribution in [2.24, 2.45) is 5.73 Å². The lowest BCUT2D eigenvalue weighted by Crippen LogP contribution is -2.09. The second kappa shape index (κ2) is 7.50. The first-order chi connectivity index (χ1) is 6.19. The SMILES string of the molecule is CCOC(=O)c1nc(C)oc1CN.Cl.Cl. The second-order valence-electron chi connectivity index (χ2n) is 2.43. The largest absolute Gasteiger partial charge is 0.461 e. The van der Waals surface area contributed by atoms with E-state index in [4.69, 9.17) is 14.9 Å². The zero-order valence-corrected chi connectivity index (χ0v) is 10.1. The summed E-state index contributed by atoms with van der Waals surface area (Å²) in [6.07, 6.45) is 0. The number of aryl methyl sites for hydroxylation is 1. The fourth-order valence-electron chi connectivity index (χ4n) is 0.967. The Balaban J connectivity index is 0. The van der Waals surface area contributed by atoms with E-state index in [9.17, 15) is 4.79 Å². The van der Waals surface area contributed by atoms with E-state index >= 15 is 0 Å². The van der Waals surface area contributed by atoms with Crippen molar-refractivity contribution in [3.05, 3.63) is 17.3 Å². The molecule has 2 N–H and O–H groups in total. The van der Waals surface area contributed by atoms with Gasteiger partial charge in [-0.25, -0.2) is 9.78 Å². The van der Waals surface area contributed by atoms with E-state index in [0.29, 0.717) is 18.3 Å². The van der Waals surface area contributed by atoms with Gasteiger partial charge in [0.15, 0.2) is 17.3 Å². The van der Waals surface area contributed by atoms with Crippen molar-refractivity contribution in [1.29, 1.82) is 0 Å². The molecule has 0 saturated carbocycles. The molecule has 0 aliphatic carbocycles. The number of nitrogens with zero attached hydrogens (tertiary/aromatic N) is 1. The van der Waals surface area contributed by atoms with Crippen LogP contribution in [0.1, 0.15) is 29.1 Å². The standard InChI is InChI=1S/C8H12N2O3.2ClH/c1-3-12-8(11)7-6(4-9)13-5(2)10-7;;/h3-4,9H2,1-2H3;2*1H. The smallest absolute Gasteiger partial charge is 0.360 e. The molecular weight excluding hydrogens is 243 g/mol. The van der Waals surface area contributed by atoms with Gasteiger partial charge in [-0.05, 0) is 6.92 Å². The van der Waals surface area contributed by atoms with Gasteiger partial charge in [0.05, 0.1) is 13.2 Å². The number of aromatic nitrogens is 1. The molecular formula is C8H14Cl2N2O3. The predicted molar refractivity (Wildman–Crippen MR) is 59.6 cm³/mol. The third-order valence-corrected chi connectivity index (χ3v) is 1.46. The molecule has 0 saturated heterocycles. The summed E-state index contributed by atoms with van der Waals surface area (Å²) in [5, 5.41) is 0. The van der Waals surface area contributed by atoms with Gasteiger partial charge in [0.25, 0.3) is 0 Å². The first kappa shape index (κ1) is 16.6. The second-order valence-corrected chi connectivity index (χ2v) is 2.43. The number of hydrogen-bond acceptors (Lipinski definition) is 5. The van der Waals surface area contributed by atoms with E-state index in [0.717, 1.165) is 0 Å². The zero-order valence-electron chi connectivity index (χ0n) is 8.48. The van der Waals surface area contributed by atoms with Crippen LogP contribution in [0.5, 0.6) is 0 Å². The zero-order chi connectivity index (χ0) is 9.84. The molecule has 0 fully saturated rings. The number of ether oxygens (including phenoxy) is 1. The number of esters is 1. The van der Waals surface area contributed by atoms with Gasteiger partial charge in [0, 0.05) is 6.92 Å². The Morgan fingerprint density at radius 1 is 1.53 bits per heavy atom. The Labute approximate surface area is 100 Å². The highest BCUT2D eigenvalue weighted by Crippen LogP contribution is 2.10. The van der Waals surface area contributed by atoms with Gasteiger partial charge in [-0.15, -0.1) is 24.8 Å². The van der Waals surface area contributed by atoms with Crippen LogP contribution >= 0.6 is 24.8 Å². The Morgan fingerprint density at radius 3 is 2.60 bits per heavy atom. The topological polar surface area (TPSA) is 78.3 Å². The van der Waals surface area contributed by atoms with Crippen LogP contribution in [0.2, 0.25) is 0 Å². The molecule has 0 amide bonds. The van der Waals surface area contributed by atoms with Gasteiger partial charge < -0.3 is 14.9 Å². The Hall–Kier alpha value is -0.780. The lowest BCUT2D eigenvalue weighted by Gasteiger charge is -1.97. The lowest BCUT2D eigenvalue weighted by molar-refractivity contribution is 0.0517. The quantitative estimate of drug-likeness (QED) is 0.829. The third-order valence-electron chi connectivity index (χ3n) is 1.46. The minimum Gasteiger partial charge on any atom is -0.461 e. The van der Waals surface area contributed by atoms with Crippen LogP contribution in [0.15, 0.2) is 4.42 Å². The van der Waals surface area contributed by atoms with Crippen LogP contribution < -0.4 is 5.73 Å². The minimum absolute atomic E-state index is 0. The van der Waals surface area contributed by atoms with Crippen LogP contribution in [0.25, 0.3) is 0 Å². The molecule has 0 atom stereocenters. The summed E-state index contributed by atoms with van der Waals surface area (Å²) < 4.78 is 9.86. The number of oxazole rings is 1. The molecule has 0 aliphatic rings. The maximum atomic E-state index is 11.2. The molecule has 1 aromatic rings. The van der Waals surface area contributed by atoms with Gasteiger partial charge in [-0.3, -0.25) is 0 Å². The van der Waals surface area contributed by atoms with Crippen molar-refractivity contribution in [2.45, 2.75) is 20.4 Å². The van der Waals surface area contributed by atoms with E-state index in [2.05, 4.69) is 4.98 Å². The van der Waals surface area contributed by atoms with Gasteiger partial charge in [0.1, 0.15) is 0 Å². The molecule has 0 bridgehead atoms. The molecule has 7 heteroatoms. The third kappa shape index (κ3) is 4.07. The molecule has 0 radical (unpaired) electrons. The Bertz CT molecular complexity index is 315. The van der Waals surface area contributed by atoms with Crippen LogP contribution in [0.4, 0.5) is 0 Å². The van der Waals surface area contributed by atoms with Crippen LogP contribution in [-0.4, -0.2) is 17.6 Å². The summed E-state index contributed by atoms with van der Waals surface area (Å²) in [5.41, 5.74) is 5.54. The summed E-state index contributed by atoms with van der Waals surface area (Å²) in [7, 11) is 0. The molecule has 0 aliphatic heterocycles. The summed E-state index contributed by atoms with van der Waals surface area (Å²) in [6, 6.07) is 0. The fourth-order valence-corrected chi connectivity index (χ4v) is 0.967.